The molecule has 16 heavy (non-hydrogen) atoms. The van der Waals surface area contributed by atoms with Gasteiger partial charge in [-0.2, -0.15) is 5.10 Å². The largest absolute Gasteiger partial charge is 0.311 e. The van der Waals surface area contributed by atoms with Crippen LogP contribution in [0.15, 0.2) is 6.07 Å². The molecule has 0 fully saturated rings. The summed E-state index contributed by atoms with van der Waals surface area (Å²) in [6.45, 7) is 10.8. The molecular weight excluding hydrogens is 222 g/mol. The van der Waals surface area contributed by atoms with Crippen LogP contribution in [0.1, 0.15) is 45.0 Å². The van der Waals surface area contributed by atoms with E-state index in [9.17, 15) is 0 Å². The van der Waals surface area contributed by atoms with Crippen molar-refractivity contribution < 1.29 is 0 Å². The number of aromatic nitrogens is 2. The summed E-state index contributed by atoms with van der Waals surface area (Å²) >= 11 is 0. The fraction of sp³-hybridized carbons (Fsp3) is 0.750. The van der Waals surface area contributed by atoms with E-state index in [1.807, 2.05) is 11.7 Å². The highest BCUT2D eigenvalue weighted by Gasteiger charge is 2.07. The third kappa shape index (κ3) is 4.54. The van der Waals surface area contributed by atoms with Crippen LogP contribution in [0.5, 0.6) is 0 Å². The maximum Gasteiger partial charge on any atom is 0.0653 e. The van der Waals surface area contributed by atoms with Crippen molar-refractivity contribution in [1.82, 2.24) is 15.1 Å². The molecule has 0 amide bonds. The molecule has 0 atom stereocenters. The molecule has 3 nitrogen and oxygen atoms in total. The van der Waals surface area contributed by atoms with E-state index in [4.69, 9.17) is 0 Å². The summed E-state index contributed by atoms with van der Waals surface area (Å²) in [4.78, 5) is 0. The van der Waals surface area contributed by atoms with E-state index in [2.05, 4.69) is 44.2 Å². The van der Waals surface area contributed by atoms with Crippen molar-refractivity contribution in [1.29, 1.82) is 0 Å². The fourth-order valence-corrected chi connectivity index (χ4v) is 1.47. The van der Waals surface area contributed by atoms with Crippen molar-refractivity contribution in [3.8, 4) is 0 Å². The zero-order valence-corrected chi connectivity index (χ0v) is 11.8. The van der Waals surface area contributed by atoms with E-state index in [0.717, 1.165) is 13.1 Å². The maximum atomic E-state index is 4.48. The highest BCUT2D eigenvalue weighted by molar-refractivity contribution is 5.85. The summed E-state index contributed by atoms with van der Waals surface area (Å²) in [5, 5.41) is 7.92. The number of nitrogens with zero attached hydrogens (tertiary/aromatic N) is 2. The molecule has 1 N–H and O–H groups in total. The van der Waals surface area contributed by atoms with Crippen LogP contribution < -0.4 is 5.32 Å². The first-order valence-electron chi connectivity index (χ1n) is 5.74. The predicted molar refractivity (Wildman–Crippen MR) is 71.1 cm³/mol. The van der Waals surface area contributed by atoms with E-state index in [-0.39, 0.29) is 12.4 Å². The normalized spacial score (nSPS) is 10.9. The molecular formula is C12H24ClN3. The molecule has 0 aliphatic carbocycles. The monoisotopic (exact) mass is 245 g/mol. The Labute approximate surface area is 105 Å². The lowest BCUT2D eigenvalue weighted by Gasteiger charge is -2.06. The van der Waals surface area contributed by atoms with Crippen LogP contribution >= 0.6 is 12.4 Å². The first kappa shape index (κ1) is 15.5. The van der Waals surface area contributed by atoms with Gasteiger partial charge in [0.1, 0.15) is 0 Å². The molecule has 0 saturated heterocycles. The van der Waals surface area contributed by atoms with Gasteiger partial charge in [-0.25, -0.2) is 0 Å². The Morgan fingerprint density at radius 2 is 1.94 bits per heavy atom. The van der Waals surface area contributed by atoms with Crippen LogP contribution in [0.4, 0.5) is 0 Å². The Balaban J connectivity index is 0.00000225. The Morgan fingerprint density at radius 1 is 1.31 bits per heavy atom. The average Bonchev–Trinajstić information content (AvgIpc) is 2.47. The molecule has 1 aromatic heterocycles. The van der Waals surface area contributed by atoms with Crippen molar-refractivity contribution in [2.75, 3.05) is 6.54 Å². The van der Waals surface area contributed by atoms with Crippen molar-refractivity contribution in [2.45, 2.75) is 40.2 Å². The summed E-state index contributed by atoms with van der Waals surface area (Å²) in [6, 6.07) is 2.19. The smallest absolute Gasteiger partial charge is 0.0653 e. The van der Waals surface area contributed by atoms with Gasteiger partial charge in [-0.3, -0.25) is 4.68 Å². The van der Waals surface area contributed by atoms with Gasteiger partial charge in [0.15, 0.2) is 0 Å². The number of nitrogens with one attached hydrogen (secondary N) is 1. The number of halogens is 1. The van der Waals surface area contributed by atoms with Gasteiger partial charge >= 0.3 is 0 Å². The van der Waals surface area contributed by atoms with Gasteiger partial charge in [0.2, 0.25) is 0 Å². The quantitative estimate of drug-likeness (QED) is 0.865. The molecule has 0 radical (unpaired) electrons. The predicted octanol–water partition coefficient (Wildman–Crippen LogP) is 2.71. The number of aryl methyl sites for hydroxylation is 1. The van der Waals surface area contributed by atoms with E-state index < -0.39 is 0 Å². The summed E-state index contributed by atoms with van der Waals surface area (Å²) in [6.07, 6.45) is 0. The highest BCUT2D eigenvalue weighted by atomic mass is 35.5. The molecule has 0 saturated carbocycles. The molecule has 0 aliphatic rings. The standard InChI is InChI=1S/C12H23N3.ClH/c1-9(2)7-13-8-11-6-12(10(3)4)14-15(11)5;/h6,9-10,13H,7-8H2,1-5H3;1H. The second-order valence-corrected chi connectivity index (χ2v) is 4.86. The molecule has 0 aromatic carbocycles. The third-order valence-electron chi connectivity index (χ3n) is 2.45. The van der Waals surface area contributed by atoms with Gasteiger partial charge in [0.25, 0.3) is 0 Å². The lowest BCUT2D eigenvalue weighted by molar-refractivity contribution is 0.536. The van der Waals surface area contributed by atoms with Crippen LogP contribution in [-0.2, 0) is 13.6 Å². The van der Waals surface area contributed by atoms with Crippen molar-refractivity contribution >= 4 is 12.4 Å². The summed E-state index contributed by atoms with van der Waals surface area (Å²) in [5.41, 5.74) is 2.44. The average molecular weight is 246 g/mol. The lowest BCUT2D eigenvalue weighted by atomic mass is 10.1. The van der Waals surface area contributed by atoms with E-state index in [0.29, 0.717) is 11.8 Å². The van der Waals surface area contributed by atoms with Gasteiger partial charge < -0.3 is 5.32 Å². The minimum atomic E-state index is 0. The molecule has 0 unspecified atom stereocenters. The van der Waals surface area contributed by atoms with Gasteiger partial charge in [-0.1, -0.05) is 27.7 Å². The molecule has 1 rings (SSSR count). The molecule has 94 valence electrons. The van der Waals surface area contributed by atoms with Crippen LogP contribution in [0.3, 0.4) is 0 Å². The van der Waals surface area contributed by atoms with Crippen molar-refractivity contribution in [2.24, 2.45) is 13.0 Å². The second-order valence-electron chi connectivity index (χ2n) is 4.86. The lowest BCUT2D eigenvalue weighted by Crippen LogP contribution is -2.20. The summed E-state index contributed by atoms with van der Waals surface area (Å²) < 4.78 is 1.97. The Morgan fingerprint density at radius 3 is 2.38 bits per heavy atom. The SMILES string of the molecule is CC(C)CNCc1cc(C(C)C)nn1C.Cl. The Hall–Kier alpha value is -0.540. The van der Waals surface area contributed by atoms with Crippen LogP contribution in [0.25, 0.3) is 0 Å². The van der Waals surface area contributed by atoms with Gasteiger partial charge in [-0.05, 0) is 24.4 Å². The summed E-state index contributed by atoms with van der Waals surface area (Å²) in [7, 11) is 2.01. The molecule has 0 aliphatic heterocycles. The van der Waals surface area contributed by atoms with E-state index in [1.54, 1.807) is 0 Å². The first-order valence-corrected chi connectivity index (χ1v) is 5.74. The first-order chi connectivity index (χ1) is 7.00. The minimum absolute atomic E-state index is 0. The topological polar surface area (TPSA) is 29.9 Å². The van der Waals surface area contributed by atoms with Crippen molar-refractivity contribution in [3.63, 3.8) is 0 Å². The van der Waals surface area contributed by atoms with Gasteiger partial charge in [0.05, 0.1) is 11.4 Å². The van der Waals surface area contributed by atoms with Gasteiger partial charge in [0, 0.05) is 13.6 Å². The number of hydrogen-bond acceptors (Lipinski definition) is 2. The van der Waals surface area contributed by atoms with Gasteiger partial charge in [-0.15, -0.1) is 12.4 Å². The molecule has 1 aromatic rings. The third-order valence-corrected chi connectivity index (χ3v) is 2.45. The summed E-state index contributed by atoms with van der Waals surface area (Å²) in [5.74, 6) is 1.21. The zero-order valence-electron chi connectivity index (χ0n) is 10.9. The Kier molecular flexibility index (Phi) is 6.68. The van der Waals surface area contributed by atoms with Crippen LogP contribution in [0, 0.1) is 5.92 Å². The number of rotatable bonds is 5. The fourth-order valence-electron chi connectivity index (χ4n) is 1.47. The van der Waals surface area contributed by atoms with E-state index in [1.165, 1.54) is 11.4 Å². The minimum Gasteiger partial charge on any atom is -0.311 e. The second kappa shape index (κ2) is 6.92. The Bertz CT molecular complexity index is 305. The molecule has 0 bridgehead atoms. The van der Waals surface area contributed by atoms with Crippen LogP contribution in [-0.4, -0.2) is 16.3 Å². The van der Waals surface area contributed by atoms with Crippen LogP contribution in [0.2, 0.25) is 0 Å². The molecule has 0 spiro atoms. The molecule has 4 heteroatoms. The maximum absolute atomic E-state index is 4.48. The highest BCUT2D eigenvalue weighted by Crippen LogP contribution is 2.13. The van der Waals surface area contributed by atoms with Crippen molar-refractivity contribution in [3.05, 3.63) is 17.5 Å². The van der Waals surface area contributed by atoms with E-state index >= 15 is 0 Å². The molecule has 1 heterocycles. The number of hydrogen-bond donors (Lipinski definition) is 1. The zero-order chi connectivity index (χ0) is 11.4.